The molecule has 106 valence electrons. The molecule has 0 aliphatic rings. The van der Waals surface area contributed by atoms with Crippen molar-refractivity contribution in [3.63, 3.8) is 0 Å². The van der Waals surface area contributed by atoms with Crippen molar-refractivity contribution < 1.29 is 24.1 Å². The molecule has 1 heterocycles. The van der Waals surface area contributed by atoms with Gasteiger partial charge in [-0.3, -0.25) is 4.98 Å². The minimum atomic E-state index is -1.25. The third kappa shape index (κ3) is 2.84. The van der Waals surface area contributed by atoms with E-state index in [4.69, 9.17) is 15.6 Å². The number of benzene rings is 1. The lowest BCUT2D eigenvalue weighted by Gasteiger charge is -2.13. The Labute approximate surface area is 113 Å². The molecule has 1 aromatic heterocycles. The summed E-state index contributed by atoms with van der Waals surface area (Å²) in [6.45, 7) is -0.336. The van der Waals surface area contributed by atoms with E-state index in [9.17, 15) is 14.3 Å². The van der Waals surface area contributed by atoms with Crippen molar-refractivity contribution in [2.45, 2.75) is 6.04 Å². The Hall–Kier alpha value is -2.25. The third-order valence-electron chi connectivity index (χ3n) is 2.69. The van der Waals surface area contributed by atoms with Gasteiger partial charge in [-0.2, -0.15) is 0 Å². The molecule has 0 fully saturated rings. The van der Waals surface area contributed by atoms with Crippen LogP contribution in [0, 0.1) is 5.82 Å². The van der Waals surface area contributed by atoms with Gasteiger partial charge in [-0.1, -0.05) is 0 Å². The topological polar surface area (TPSA) is 106 Å². The van der Waals surface area contributed by atoms with Gasteiger partial charge in [-0.25, -0.2) is 9.18 Å². The van der Waals surface area contributed by atoms with E-state index in [1.807, 2.05) is 0 Å². The van der Waals surface area contributed by atoms with Crippen molar-refractivity contribution in [3.05, 3.63) is 35.8 Å². The summed E-state index contributed by atoms with van der Waals surface area (Å²) >= 11 is 0. The second kappa shape index (κ2) is 5.81. The zero-order valence-corrected chi connectivity index (χ0v) is 10.4. The highest BCUT2D eigenvalue weighted by Crippen LogP contribution is 2.27. The number of aromatic nitrogens is 1. The summed E-state index contributed by atoms with van der Waals surface area (Å²) in [5, 5.41) is 18.2. The molecule has 4 N–H and O–H groups in total. The summed E-state index contributed by atoms with van der Waals surface area (Å²) in [5.74, 6) is -1.83. The number of hydrogen-bond acceptors (Lipinski definition) is 5. The number of aliphatic hydroxyl groups excluding tert-OH is 1. The van der Waals surface area contributed by atoms with Gasteiger partial charge in [0.2, 0.25) is 0 Å². The molecular formula is C13H13FN2O4. The Morgan fingerprint density at radius 2 is 2.25 bits per heavy atom. The lowest BCUT2D eigenvalue weighted by atomic mass is 10.1. The number of rotatable bonds is 5. The number of aliphatic hydroxyl groups is 1. The second-order valence-electron chi connectivity index (χ2n) is 4.22. The molecule has 2 rings (SSSR count). The van der Waals surface area contributed by atoms with Gasteiger partial charge in [0, 0.05) is 5.39 Å². The highest BCUT2D eigenvalue weighted by molar-refractivity contribution is 6.05. The molecule has 1 aromatic carbocycles. The highest BCUT2D eigenvalue weighted by Gasteiger charge is 2.17. The first-order valence-electron chi connectivity index (χ1n) is 5.83. The van der Waals surface area contributed by atoms with Crippen LogP contribution in [0.5, 0.6) is 5.75 Å². The van der Waals surface area contributed by atoms with Crippen LogP contribution in [0.1, 0.15) is 10.4 Å². The quantitative estimate of drug-likeness (QED) is 0.747. The van der Waals surface area contributed by atoms with Gasteiger partial charge in [0.15, 0.2) is 0 Å². The molecule has 0 saturated heterocycles. The van der Waals surface area contributed by atoms with Crippen molar-refractivity contribution >= 4 is 16.9 Å². The first-order chi connectivity index (χ1) is 9.52. The van der Waals surface area contributed by atoms with Gasteiger partial charge in [0.1, 0.15) is 23.7 Å². The van der Waals surface area contributed by atoms with Crippen molar-refractivity contribution in [2.75, 3.05) is 13.2 Å². The van der Waals surface area contributed by atoms with E-state index < -0.39 is 17.8 Å². The van der Waals surface area contributed by atoms with Crippen LogP contribution >= 0.6 is 0 Å². The molecule has 0 unspecified atom stereocenters. The number of carboxylic acid groups (broad SMARTS) is 1. The third-order valence-corrected chi connectivity index (χ3v) is 2.69. The summed E-state index contributed by atoms with van der Waals surface area (Å²) in [6.07, 6.45) is 1.01. The van der Waals surface area contributed by atoms with Crippen molar-refractivity contribution in [1.29, 1.82) is 0 Å². The monoisotopic (exact) mass is 280 g/mol. The molecule has 2 aromatic rings. The molecule has 6 nitrogen and oxygen atoms in total. The zero-order valence-electron chi connectivity index (χ0n) is 10.4. The second-order valence-corrected chi connectivity index (χ2v) is 4.22. The first kappa shape index (κ1) is 14.2. The van der Waals surface area contributed by atoms with Crippen LogP contribution in [-0.4, -0.2) is 40.4 Å². The maximum Gasteiger partial charge on any atom is 0.340 e. The van der Waals surface area contributed by atoms with Crippen LogP contribution in [0.2, 0.25) is 0 Å². The molecule has 0 bridgehead atoms. The predicted octanol–water partition coefficient (Wildman–Crippen LogP) is 0.770. The predicted molar refractivity (Wildman–Crippen MR) is 69.2 cm³/mol. The van der Waals surface area contributed by atoms with E-state index in [-0.39, 0.29) is 29.9 Å². The molecule has 0 aliphatic heterocycles. The number of ether oxygens (including phenoxy) is 1. The number of carboxylic acids is 1. The van der Waals surface area contributed by atoms with Crippen LogP contribution in [0.15, 0.2) is 24.4 Å². The van der Waals surface area contributed by atoms with Crippen LogP contribution in [0.4, 0.5) is 4.39 Å². The van der Waals surface area contributed by atoms with Gasteiger partial charge in [0.25, 0.3) is 0 Å². The average molecular weight is 280 g/mol. The maximum absolute atomic E-state index is 13.2. The zero-order chi connectivity index (χ0) is 14.7. The highest BCUT2D eigenvalue weighted by atomic mass is 19.1. The molecule has 0 radical (unpaired) electrons. The van der Waals surface area contributed by atoms with E-state index in [2.05, 4.69) is 4.98 Å². The molecule has 20 heavy (non-hydrogen) atoms. The van der Waals surface area contributed by atoms with Gasteiger partial charge in [-0.15, -0.1) is 0 Å². The summed E-state index contributed by atoms with van der Waals surface area (Å²) in [6, 6.07) is 3.42. The molecule has 7 heteroatoms. The number of nitrogens with two attached hydrogens (primary N) is 1. The number of nitrogens with zero attached hydrogens (tertiary/aromatic N) is 1. The molecule has 0 spiro atoms. The summed E-state index contributed by atoms with van der Waals surface area (Å²) in [4.78, 5) is 15.2. The number of hydrogen-bond donors (Lipinski definition) is 3. The average Bonchev–Trinajstić information content (AvgIpc) is 2.43. The molecule has 0 amide bonds. The summed E-state index contributed by atoms with van der Waals surface area (Å²) < 4.78 is 18.5. The van der Waals surface area contributed by atoms with Gasteiger partial charge < -0.3 is 20.7 Å². The normalized spacial score (nSPS) is 12.3. The summed E-state index contributed by atoms with van der Waals surface area (Å²) in [5.41, 5.74) is 5.66. The van der Waals surface area contributed by atoms with Crippen LogP contribution in [0.3, 0.4) is 0 Å². The minimum Gasteiger partial charge on any atom is -0.491 e. The fourth-order valence-electron chi connectivity index (χ4n) is 1.74. The van der Waals surface area contributed by atoms with E-state index in [1.54, 1.807) is 0 Å². The van der Waals surface area contributed by atoms with Crippen molar-refractivity contribution in [1.82, 2.24) is 4.98 Å². The largest absolute Gasteiger partial charge is 0.491 e. The fourth-order valence-corrected chi connectivity index (χ4v) is 1.74. The maximum atomic E-state index is 13.2. The number of carbonyl (C=O) groups is 1. The minimum absolute atomic E-state index is 0.0506. The molecular weight excluding hydrogens is 267 g/mol. The Kier molecular flexibility index (Phi) is 4.11. The Bertz CT molecular complexity index is 648. The Balaban J connectivity index is 2.49. The Morgan fingerprint density at radius 1 is 1.50 bits per heavy atom. The first-order valence-corrected chi connectivity index (χ1v) is 5.83. The number of halogens is 1. The van der Waals surface area contributed by atoms with E-state index in [0.717, 1.165) is 12.3 Å². The van der Waals surface area contributed by atoms with Crippen LogP contribution in [0.25, 0.3) is 10.9 Å². The van der Waals surface area contributed by atoms with E-state index in [0.29, 0.717) is 5.52 Å². The standard InChI is InChI=1S/C13H13FN2O4/c14-7-3-9-10(16-4-7)1-2-11(12(9)13(18)19)20-6-8(15)5-17/h1-4,8,17H,5-6,15H2,(H,18,19)/t8-/m1/s1. The van der Waals surface area contributed by atoms with Crippen LogP contribution in [-0.2, 0) is 0 Å². The smallest absolute Gasteiger partial charge is 0.340 e. The van der Waals surface area contributed by atoms with Crippen LogP contribution < -0.4 is 10.5 Å². The van der Waals surface area contributed by atoms with Crippen molar-refractivity contribution in [3.8, 4) is 5.75 Å². The molecule has 1 atom stereocenters. The Morgan fingerprint density at radius 3 is 2.90 bits per heavy atom. The summed E-state index contributed by atoms with van der Waals surface area (Å²) in [7, 11) is 0. The number of fused-ring (bicyclic) bond motifs is 1. The number of pyridine rings is 1. The van der Waals surface area contributed by atoms with Gasteiger partial charge >= 0.3 is 5.97 Å². The van der Waals surface area contributed by atoms with Gasteiger partial charge in [0.05, 0.1) is 24.4 Å². The van der Waals surface area contributed by atoms with E-state index >= 15 is 0 Å². The lowest BCUT2D eigenvalue weighted by molar-refractivity contribution is 0.0694. The fraction of sp³-hybridized carbons (Fsp3) is 0.231. The number of aromatic carboxylic acids is 1. The van der Waals surface area contributed by atoms with Crippen molar-refractivity contribution in [2.24, 2.45) is 5.73 Å². The van der Waals surface area contributed by atoms with E-state index in [1.165, 1.54) is 12.1 Å². The lowest BCUT2D eigenvalue weighted by Crippen LogP contribution is -2.31. The van der Waals surface area contributed by atoms with Gasteiger partial charge in [-0.05, 0) is 18.2 Å². The molecule has 0 saturated carbocycles. The molecule has 0 aliphatic carbocycles. The SMILES string of the molecule is N[C@H](CO)COc1ccc2ncc(F)cc2c1C(=O)O.